The summed E-state index contributed by atoms with van der Waals surface area (Å²) in [6, 6.07) is 3.94. The van der Waals surface area contributed by atoms with Crippen LogP contribution in [0.3, 0.4) is 0 Å². The molecule has 1 atom stereocenters. The van der Waals surface area contributed by atoms with Crippen molar-refractivity contribution in [2.24, 2.45) is 15.9 Å². The molecule has 0 radical (unpaired) electrons. The van der Waals surface area contributed by atoms with Crippen molar-refractivity contribution in [1.82, 2.24) is 10.3 Å². The zero-order valence-corrected chi connectivity index (χ0v) is 10.2. The first-order chi connectivity index (χ1) is 8.84. The summed E-state index contributed by atoms with van der Waals surface area (Å²) in [4.78, 5) is 13.1. The molecular formula is C14H14N4. The van der Waals surface area contributed by atoms with Crippen molar-refractivity contribution in [3.63, 3.8) is 0 Å². The number of hydrogen-bond acceptors (Lipinski definition) is 3. The maximum absolute atomic E-state index is 4.58. The molecule has 4 heteroatoms. The van der Waals surface area contributed by atoms with E-state index in [1.165, 1.54) is 5.57 Å². The van der Waals surface area contributed by atoms with E-state index in [4.69, 9.17) is 0 Å². The fourth-order valence-electron chi connectivity index (χ4n) is 2.08. The van der Waals surface area contributed by atoms with E-state index in [0.717, 1.165) is 17.1 Å². The van der Waals surface area contributed by atoms with Crippen LogP contribution in [0.25, 0.3) is 0 Å². The molecule has 18 heavy (non-hydrogen) atoms. The van der Waals surface area contributed by atoms with Gasteiger partial charge >= 0.3 is 0 Å². The van der Waals surface area contributed by atoms with Gasteiger partial charge in [-0.2, -0.15) is 0 Å². The number of fused-ring (bicyclic) bond motifs is 1. The maximum atomic E-state index is 4.58. The van der Waals surface area contributed by atoms with Gasteiger partial charge in [0.15, 0.2) is 0 Å². The molecule has 0 saturated carbocycles. The number of nitrogens with one attached hydrogen (secondary N) is 1. The molecule has 0 spiro atoms. The Morgan fingerprint density at radius 3 is 3.22 bits per heavy atom. The van der Waals surface area contributed by atoms with Crippen LogP contribution in [0, 0.1) is 5.92 Å². The molecule has 3 heterocycles. The number of rotatable bonds is 2. The van der Waals surface area contributed by atoms with Crippen molar-refractivity contribution in [2.75, 3.05) is 0 Å². The predicted octanol–water partition coefficient (Wildman–Crippen LogP) is 2.07. The van der Waals surface area contributed by atoms with Crippen molar-refractivity contribution in [3.8, 4) is 0 Å². The van der Waals surface area contributed by atoms with Crippen LogP contribution < -0.4 is 5.32 Å². The van der Waals surface area contributed by atoms with Crippen LogP contribution in [0.2, 0.25) is 0 Å². The van der Waals surface area contributed by atoms with Gasteiger partial charge in [-0.15, -0.1) is 0 Å². The quantitative estimate of drug-likeness (QED) is 0.857. The molecule has 2 aliphatic rings. The maximum Gasteiger partial charge on any atom is 0.148 e. The highest BCUT2D eigenvalue weighted by Gasteiger charge is 2.26. The Kier molecular flexibility index (Phi) is 2.76. The second-order valence-electron chi connectivity index (χ2n) is 4.39. The Bertz CT molecular complexity index is 567. The lowest BCUT2D eigenvalue weighted by Gasteiger charge is -2.18. The minimum Gasteiger partial charge on any atom is -0.346 e. The summed E-state index contributed by atoms with van der Waals surface area (Å²) in [6.07, 6.45) is 9.56. The van der Waals surface area contributed by atoms with Crippen LogP contribution >= 0.6 is 0 Å². The summed E-state index contributed by atoms with van der Waals surface area (Å²) in [5.41, 5.74) is 3.37. The molecule has 0 aliphatic carbocycles. The number of nitrogens with zero attached hydrogens (tertiary/aromatic N) is 3. The van der Waals surface area contributed by atoms with E-state index in [0.29, 0.717) is 12.5 Å². The number of allylic oxidation sites excluding steroid dienone is 2. The zero-order chi connectivity index (χ0) is 12.4. The Hall–Kier alpha value is -2.23. The fraction of sp³-hybridized carbons (Fsp3) is 0.214. The number of aliphatic imine (C=N–C) groups is 2. The Labute approximate surface area is 106 Å². The van der Waals surface area contributed by atoms with Crippen LogP contribution in [0.5, 0.6) is 0 Å². The molecule has 90 valence electrons. The van der Waals surface area contributed by atoms with Crippen molar-refractivity contribution in [2.45, 2.75) is 13.5 Å². The monoisotopic (exact) mass is 238 g/mol. The lowest BCUT2D eigenvalue weighted by molar-refractivity contribution is 0.985. The topological polar surface area (TPSA) is 49.6 Å². The fourth-order valence-corrected chi connectivity index (χ4v) is 2.08. The highest BCUT2D eigenvalue weighted by Crippen LogP contribution is 2.23. The summed E-state index contributed by atoms with van der Waals surface area (Å²) >= 11 is 0. The minimum atomic E-state index is 0.291. The second kappa shape index (κ2) is 4.56. The van der Waals surface area contributed by atoms with Crippen molar-refractivity contribution in [1.29, 1.82) is 0 Å². The van der Waals surface area contributed by atoms with Gasteiger partial charge in [-0.25, -0.2) is 0 Å². The Morgan fingerprint density at radius 1 is 1.44 bits per heavy atom. The molecule has 0 saturated heterocycles. The van der Waals surface area contributed by atoms with Crippen molar-refractivity contribution in [3.05, 3.63) is 54.1 Å². The smallest absolute Gasteiger partial charge is 0.148 e. The van der Waals surface area contributed by atoms with Crippen LogP contribution in [-0.4, -0.2) is 16.5 Å². The number of amidine groups is 1. The molecule has 0 bridgehead atoms. The highest BCUT2D eigenvalue weighted by molar-refractivity contribution is 6.44. The van der Waals surface area contributed by atoms with E-state index in [9.17, 15) is 0 Å². The van der Waals surface area contributed by atoms with Gasteiger partial charge in [-0.1, -0.05) is 12.1 Å². The minimum absolute atomic E-state index is 0.291. The van der Waals surface area contributed by atoms with E-state index < -0.39 is 0 Å². The first-order valence-electron chi connectivity index (χ1n) is 5.96. The van der Waals surface area contributed by atoms with E-state index in [1.54, 1.807) is 6.20 Å². The van der Waals surface area contributed by atoms with Gasteiger partial charge in [0.05, 0.1) is 12.3 Å². The third kappa shape index (κ3) is 1.97. The second-order valence-corrected chi connectivity index (χ2v) is 4.39. The van der Waals surface area contributed by atoms with Gasteiger partial charge in [-0.3, -0.25) is 15.0 Å². The van der Waals surface area contributed by atoms with Gasteiger partial charge < -0.3 is 5.32 Å². The summed E-state index contributed by atoms with van der Waals surface area (Å²) in [7, 11) is 0. The summed E-state index contributed by atoms with van der Waals surface area (Å²) in [6.45, 7) is 2.71. The van der Waals surface area contributed by atoms with Gasteiger partial charge in [-0.05, 0) is 30.3 Å². The number of pyridine rings is 1. The molecule has 1 aromatic heterocycles. The van der Waals surface area contributed by atoms with E-state index in [2.05, 4.69) is 33.3 Å². The first-order valence-corrected chi connectivity index (χ1v) is 5.96. The van der Waals surface area contributed by atoms with E-state index >= 15 is 0 Å². The summed E-state index contributed by atoms with van der Waals surface area (Å²) < 4.78 is 0. The van der Waals surface area contributed by atoms with Crippen LogP contribution in [0.15, 0.2) is 58.6 Å². The molecule has 1 unspecified atom stereocenters. The molecule has 1 N–H and O–H groups in total. The van der Waals surface area contributed by atoms with Gasteiger partial charge in [0.1, 0.15) is 5.84 Å². The lowest BCUT2D eigenvalue weighted by Crippen LogP contribution is -2.35. The Balaban J connectivity index is 1.80. The first kappa shape index (κ1) is 10.9. The predicted molar refractivity (Wildman–Crippen MR) is 72.3 cm³/mol. The van der Waals surface area contributed by atoms with E-state index in [-0.39, 0.29) is 0 Å². The molecule has 0 aromatic carbocycles. The molecular weight excluding hydrogens is 224 g/mol. The summed E-state index contributed by atoms with van der Waals surface area (Å²) in [5, 5.41) is 3.17. The molecule has 3 rings (SSSR count). The van der Waals surface area contributed by atoms with Crippen molar-refractivity contribution < 1.29 is 0 Å². The van der Waals surface area contributed by atoms with Crippen molar-refractivity contribution >= 4 is 11.5 Å². The van der Waals surface area contributed by atoms with Gasteiger partial charge in [0.2, 0.25) is 0 Å². The standard InChI is InChI=1S/C14H14N4/c1-10-7-17-13-12(10)4-6-16-14(13)18-9-11-3-2-5-15-8-11/h2-8,12H,9H2,1H3,(H,16,18). The zero-order valence-electron chi connectivity index (χ0n) is 10.2. The molecule has 0 amide bonds. The SMILES string of the molecule is CC1=CN=C2C(=NCc3cccnc3)NC=CC12. The van der Waals surface area contributed by atoms with Gasteiger partial charge in [0, 0.05) is 24.5 Å². The third-order valence-corrected chi connectivity index (χ3v) is 3.09. The molecule has 0 fully saturated rings. The average Bonchev–Trinajstić information content (AvgIpc) is 2.80. The van der Waals surface area contributed by atoms with Crippen LogP contribution in [-0.2, 0) is 6.54 Å². The number of aromatic nitrogens is 1. The van der Waals surface area contributed by atoms with Crippen LogP contribution in [0.4, 0.5) is 0 Å². The van der Waals surface area contributed by atoms with Crippen LogP contribution in [0.1, 0.15) is 12.5 Å². The molecule has 2 aliphatic heterocycles. The summed E-state index contributed by atoms with van der Waals surface area (Å²) in [5.74, 6) is 1.15. The largest absolute Gasteiger partial charge is 0.346 e. The van der Waals surface area contributed by atoms with Gasteiger partial charge in [0.25, 0.3) is 0 Å². The average molecular weight is 238 g/mol. The Morgan fingerprint density at radius 2 is 2.39 bits per heavy atom. The third-order valence-electron chi connectivity index (χ3n) is 3.09. The lowest BCUT2D eigenvalue weighted by atomic mass is 9.95. The molecule has 4 nitrogen and oxygen atoms in total. The number of hydrogen-bond donors (Lipinski definition) is 1. The molecule has 1 aromatic rings. The van der Waals surface area contributed by atoms with E-state index in [1.807, 2.05) is 30.7 Å². The normalized spacial score (nSPS) is 23.4. The highest BCUT2D eigenvalue weighted by atomic mass is 15.0.